The molecule has 5 heteroatoms. The van der Waals surface area contributed by atoms with Crippen LogP contribution in [0, 0.1) is 12.8 Å². The summed E-state index contributed by atoms with van der Waals surface area (Å²) in [6.45, 7) is 6.65. The third-order valence-electron chi connectivity index (χ3n) is 3.38. The highest BCUT2D eigenvalue weighted by atomic mass is 32.1. The zero-order valence-electron chi connectivity index (χ0n) is 10.2. The molecule has 0 radical (unpaired) electrons. The first-order valence-corrected chi connectivity index (χ1v) is 6.52. The molecule has 1 aromatic heterocycles. The van der Waals surface area contributed by atoms with E-state index in [4.69, 9.17) is 5.73 Å². The molecule has 0 spiro atoms. The molecule has 2 rings (SSSR count). The van der Waals surface area contributed by atoms with Gasteiger partial charge in [0.1, 0.15) is 10.8 Å². The van der Waals surface area contributed by atoms with Crippen molar-refractivity contribution >= 4 is 22.4 Å². The highest BCUT2D eigenvalue weighted by Gasteiger charge is 2.25. The van der Waals surface area contributed by atoms with Crippen molar-refractivity contribution in [2.24, 2.45) is 5.92 Å². The Balaban J connectivity index is 2.02. The maximum absolute atomic E-state index is 5.75. The van der Waals surface area contributed by atoms with Gasteiger partial charge in [0.05, 0.1) is 0 Å². The van der Waals surface area contributed by atoms with Crippen LogP contribution >= 0.6 is 11.5 Å². The summed E-state index contributed by atoms with van der Waals surface area (Å²) in [5.41, 5.74) is 6.85. The first-order chi connectivity index (χ1) is 7.58. The van der Waals surface area contributed by atoms with Crippen molar-refractivity contribution in [3.05, 3.63) is 5.56 Å². The molecule has 1 aliphatic heterocycles. The summed E-state index contributed by atoms with van der Waals surface area (Å²) in [6.07, 6.45) is 1.19. The average molecular weight is 240 g/mol. The van der Waals surface area contributed by atoms with Gasteiger partial charge in [-0.15, -0.1) is 0 Å². The number of aromatic nitrogens is 1. The zero-order valence-corrected chi connectivity index (χ0v) is 11.0. The van der Waals surface area contributed by atoms with Crippen molar-refractivity contribution in [1.29, 1.82) is 0 Å². The molecular formula is C11H20N4S. The van der Waals surface area contributed by atoms with Gasteiger partial charge in [0.2, 0.25) is 0 Å². The molecule has 2 heterocycles. The number of nitrogen functional groups attached to an aromatic ring is 1. The van der Waals surface area contributed by atoms with Crippen molar-refractivity contribution < 1.29 is 0 Å². The van der Waals surface area contributed by atoms with Crippen molar-refractivity contribution in [3.63, 3.8) is 0 Å². The Morgan fingerprint density at radius 3 is 2.88 bits per heavy atom. The Kier molecular flexibility index (Phi) is 3.35. The van der Waals surface area contributed by atoms with Gasteiger partial charge in [-0.1, -0.05) is 6.92 Å². The second kappa shape index (κ2) is 4.59. The first kappa shape index (κ1) is 11.7. The van der Waals surface area contributed by atoms with E-state index in [-0.39, 0.29) is 0 Å². The van der Waals surface area contributed by atoms with E-state index in [1.165, 1.54) is 18.0 Å². The van der Waals surface area contributed by atoms with Crippen LogP contribution in [0.15, 0.2) is 0 Å². The molecule has 90 valence electrons. The van der Waals surface area contributed by atoms with Crippen LogP contribution in [0.4, 0.5) is 10.8 Å². The highest BCUT2D eigenvalue weighted by Crippen LogP contribution is 2.28. The SMILES string of the molecule is Cc1c(N)nsc1NC1CCN(C)CC1C. The van der Waals surface area contributed by atoms with E-state index in [1.807, 2.05) is 6.92 Å². The number of rotatable bonds is 2. The number of nitrogens with one attached hydrogen (secondary N) is 1. The Hall–Kier alpha value is -0.810. The van der Waals surface area contributed by atoms with E-state index < -0.39 is 0 Å². The number of nitrogens with zero attached hydrogens (tertiary/aromatic N) is 2. The van der Waals surface area contributed by atoms with Crippen molar-refractivity contribution in [3.8, 4) is 0 Å². The van der Waals surface area contributed by atoms with Gasteiger partial charge in [0, 0.05) is 18.2 Å². The molecule has 0 aromatic carbocycles. The second-order valence-electron chi connectivity index (χ2n) is 4.80. The standard InChI is InChI=1S/C11H20N4S/c1-7-6-15(3)5-4-9(7)13-11-8(2)10(12)14-16-11/h7,9,13H,4-6H2,1-3H3,(H2,12,14). The quantitative estimate of drug-likeness (QED) is 0.827. The Labute approximate surface area is 101 Å². The van der Waals surface area contributed by atoms with Crippen LogP contribution in [0.25, 0.3) is 0 Å². The van der Waals surface area contributed by atoms with Crippen LogP contribution in [-0.4, -0.2) is 35.5 Å². The van der Waals surface area contributed by atoms with Gasteiger partial charge in [-0.05, 0) is 44.4 Å². The van der Waals surface area contributed by atoms with Crippen molar-refractivity contribution in [2.75, 3.05) is 31.2 Å². The lowest BCUT2D eigenvalue weighted by atomic mass is 9.94. The predicted octanol–water partition coefficient (Wildman–Crippen LogP) is 1.79. The number of piperidine rings is 1. The van der Waals surface area contributed by atoms with E-state index in [0.29, 0.717) is 17.8 Å². The summed E-state index contributed by atoms with van der Waals surface area (Å²) in [5.74, 6) is 1.33. The normalized spacial score (nSPS) is 26.9. The van der Waals surface area contributed by atoms with Crippen LogP contribution in [0.3, 0.4) is 0 Å². The van der Waals surface area contributed by atoms with E-state index >= 15 is 0 Å². The molecule has 3 N–H and O–H groups in total. The third-order valence-corrected chi connectivity index (χ3v) is 4.28. The molecule has 1 aromatic rings. The highest BCUT2D eigenvalue weighted by molar-refractivity contribution is 7.10. The van der Waals surface area contributed by atoms with Gasteiger partial charge in [0.15, 0.2) is 0 Å². The van der Waals surface area contributed by atoms with Crippen LogP contribution in [0.1, 0.15) is 18.9 Å². The van der Waals surface area contributed by atoms with E-state index in [0.717, 1.165) is 23.7 Å². The fraction of sp³-hybridized carbons (Fsp3) is 0.727. The molecule has 1 aliphatic rings. The molecule has 1 saturated heterocycles. The molecule has 0 bridgehead atoms. The lowest BCUT2D eigenvalue weighted by molar-refractivity contribution is 0.206. The number of anilines is 2. The van der Waals surface area contributed by atoms with E-state index in [1.54, 1.807) is 0 Å². The van der Waals surface area contributed by atoms with Gasteiger partial charge in [-0.2, -0.15) is 4.37 Å². The Morgan fingerprint density at radius 2 is 2.31 bits per heavy atom. The Bertz CT molecular complexity index is 363. The number of likely N-dealkylation sites (tertiary alicyclic amines) is 1. The minimum absolute atomic E-state index is 0.551. The minimum atomic E-state index is 0.551. The fourth-order valence-corrected chi connectivity index (χ4v) is 2.99. The smallest absolute Gasteiger partial charge is 0.142 e. The van der Waals surface area contributed by atoms with E-state index in [9.17, 15) is 0 Å². The zero-order chi connectivity index (χ0) is 11.7. The second-order valence-corrected chi connectivity index (χ2v) is 5.57. The van der Waals surface area contributed by atoms with Gasteiger partial charge in [0.25, 0.3) is 0 Å². The summed E-state index contributed by atoms with van der Waals surface area (Å²) in [6, 6.07) is 0.551. The fourth-order valence-electron chi connectivity index (χ4n) is 2.22. The maximum atomic E-state index is 5.75. The van der Waals surface area contributed by atoms with Gasteiger partial charge in [-0.25, -0.2) is 0 Å². The topological polar surface area (TPSA) is 54.2 Å². The molecule has 0 amide bonds. The molecule has 0 aliphatic carbocycles. The van der Waals surface area contributed by atoms with Crippen molar-refractivity contribution in [1.82, 2.24) is 9.27 Å². The molecular weight excluding hydrogens is 220 g/mol. The van der Waals surface area contributed by atoms with Gasteiger partial charge in [-0.3, -0.25) is 0 Å². The first-order valence-electron chi connectivity index (χ1n) is 5.74. The lowest BCUT2D eigenvalue weighted by Crippen LogP contribution is -2.43. The molecule has 16 heavy (non-hydrogen) atoms. The van der Waals surface area contributed by atoms with E-state index in [2.05, 4.69) is 28.6 Å². The molecule has 2 unspecified atom stereocenters. The molecule has 1 fully saturated rings. The minimum Gasteiger partial charge on any atom is -0.383 e. The van der Waals surface area contributed by atoms with Gasteiger partial charge < -0.3 is 16.0 Å². The maximum Gasteiger partial charge on any atom is 0.142 e. The Morgan fingerprint density at radius 1 is 1.56 bits per heavy atom. The van der Waals surface area contributed by atoms with Crippen LogP contribution in [-0.2, 0) is 0 Å². The third kappa shape index (κ3) is 2.30. The lowest BCUT2D eigenvalue weighted by Gasteiger charge is -2.35. The molecule has 4 nitrogen and oxygen atoms in total. The molecule has 0 saturated carbocycles. The summed E-state index contributed by atoms with van der Waals surface area (Å²) in [7, 11) is 2.18. The predicted molar refractivity (Wildman–Crippen MR) is 70.0 cm³/mol. The van der Waals surface area contributed by atoms with Crippen LogP contribution < -0.4 is 11.1 Å². The van der Waals surface area contributed by atoms with Gasteiger partial charge >= 0.3 is 0 Å². The molecule has 2 atom stereocenters. The van der Waals surface area contributed by atoms with Crippen LogP contribution in [0.2, 0.25) is 0 Å². The summed E-state index contributed by atoms with van der Waals surface area (Å²) < 4.78 is 4.17. The van der Waals surface area contributed by atoms with Crippen molar-refractivity contribution in [2.45, 2.75) is 26.3 Å². The monoisotopic (exact) mass is 240 g/mol. The number of hydrogen-bond donors (Lipinski definition) is 2. The summed E-state index contributed by atoms with van der Waals surface area (Å²) >= 11 is 1.47. The summed E-state index contributed by atoms with van der Waals surface area (Å²) in [5, 5.41) is 4.73. The average Bonchev–Trinajstić information content (AvgIpc) is 2.54. The number of nitrogens with two attached hydrogens (primary N) is 1. The van der Waals surface area contributed by atoms with Crippen LogP contribution in [0.5, 0.6) is 0 Å². The number of hydrogen-bond acceptors (Lipinski definition) is 5. The largest absolute Gasteiger partial charge is 0.383 e. The summed E-state index contributed by atoms with van der Waals surface area (Å²) in [4.78, 5) is 2.39.